The first-order valence-electron chi connectivity index (χ1n) is 8.76. The highest BCUT2D eigenvalue weighted by molar-refractivity contribution is 6.92. The largest absolute Gasteiger partial charge is 0.380 e. The monoisotopic (exact) mass is 380 g/mol. The van der Waals surface area contributed by atoms with Gasteiger partial charge < -0.3 is 10.7 Å². The molecular weight excluding hydrogens is 360 g/mol. The molecule has 0 spiro atoms. The molecule has 0 saturated heterocycles. The lowest BCUT2D eigenvalue weighted by Gasteiger charge is -2.28. The molecule has 2 aromatic rings. The number of hydrogen-bond acceptors (Lipinski definition) is 1. The van der Waals surface area contributed by atoms with E-state index in [2.05, 4.69) is 11.7 Å². The number of unbranched alkanes of at least 4 members (excludes halogenated alkanes) is 2. The van der Waals surface area contributed by atoms with Gasteiger partial charge in [-0.05, 0) is 12.5 Å². The average molecular weight is 380 g/mol. The van der Waals surface area contributed by atoms with E-state index in [0.717, 1.165) is 12.8 Å². The fraction of sp³-hybridized carbons (Fsp3) is 0.300. The minimum atomic E-state index is -2.34. The van der Waals surface area contributed by atoms with Crippen molar-refractivity contribution in [1.82, 2.24) is 0 Å². The van der Waals surface area contributed by atoms with Gasteiger partial charge in [0.1, 0.15) is 18.3 Å². The number of benzene rings is 2. The maximum atomic E-state index is 14.5. The Balaban J connectivity index is 2.75. The lowest BCUT2D eigenvalue weighted by molar-refractivity contribution is 0.384. The summed E-state index contributed by atoms with van der Waals surface area (Å²) in [6.45, 7) is -0.371. The van der Waals surface area contributed by atoms with Gasteiger partial charge in [-0.15, -0.1) is 11.4 Å². The van der Waals surface area contributed by atoms with Crippen LogP contribution >= 0.6 is 0 Å². The highest BCUT2D eigenvalue weighted by atomic mass is 19.2. The van der Waals surface area contributed by atoms with Crippen LogP contribution in [0.2, 0.25) is 0 Å². The van der Waals surface area contributed by atoms with Crippen molar-refractivity contribution < 1.29 is 22.0 Å². The molecule has 1 atom stereocenters. The number of hydrogen-bond donors (Lipinski definition) is 0. The fourth-order valence-electron chi connectivity index (χ4n) is 3.06. The van der Waals surface area contributed by atoms with Crippen molar-refractivity contribution in [3.05, 3.63) is 53.4 Å². The first-order chi connectivity index (χ1) is 12.8. The summed E-state index contributed by atoms with van der Waals surface area (Å²) < 4.78 is 69.9. The maximum absolute atomic E-state index is 14.5. The van der Waals surface area contributed by atoms with E-state index in [1.54, 1.807) is 43.3 Å². The molecule has 2 aromatic carbocycles. The molecule has 0 heterocycles. The van der Waals surface area contributed by atoms with E-state index in [1.807, 2.05) is 6.92 Å². The lowest BCUT2D eigenvalue weighted by atomic mass is 9.40. The fourth-order valence-corrected chi connectivity index (χ4v) is 3.06. The van der Waals surface area contributed by atoms with Crippen molar-refractivity contribution in [2.45, 2.75) is 26.2 Å². The molecule has 0 aliphatic rings. The third-order valence-corrected chi connectivity index (χ3v) is 4.47. The Bertz CT molecular complexity index is 857. The molecule has 1 unspecified atom stereocenters. The zero-order valence-electron chi connectivity index (χ0n) is 15.5. The molecule has 2 rings (SSSR count). The first-order valence-corrected chi connectivity index (χ1v) is 8.76. The zero-order valence-corrected chi connectivity index (χ0v) is 15.5. The van der Waals surface area contributed by atoms with Crippen LogP contribution in [0.4, 0.5) is 27.6 Å². The van der Waals surface area contributed by atoms with E-state index < -0.39 is 41.3 Å². The number of halogens is 5. The summed E-state index contributed by atoms with van der Waals surface area (Å²) in [7, 11) is 3.47. The molecule has 0 amide bonds. The van der Waals surface area contributed by atoms with Crippen LogP contribution in [-0.4, -0.2) is 20.8 Å². The quantitative estimate of drug-likeness (QED) is 0.192. The van der Waals surface area contributed by atoms with Crippen LogP contribution in [0.5, 0.6) is 0 Å². The number of para-hydroxylation sites is 1. The van der Waals surface area contributed by atoms with Crippen molar-refractivity contribution in [3.63, 3.8) is 0 Å². The summed E-state index contributed by atoms with van der Waals surface area (Å²) in [5.74, 6) is -4.02. The van der Waals surface area contributed by atoms with Crippen LogP contribution in [0.25, 0.3) is 0 Å². The van der Waals surface area contributed by atoms with Crippen molar-refractivity contribution in [2.24, 2.45) is 0 Å². The zero-order chi connectivity index (χ0) is 20.1. The molecule has 0 fully saturated rings. The van der Waals surface area contributed by atoms with Crippen LogP contribution in [0, 0.1) is 40.8 Å². The summed E-state index contributed by atoms with van der Waals surface area (Å²) in [5.41, 5.74) is 0.227. The topological polar surface area (TPSA) is 3.24 Å². The SMILES string of the molecule is CCCCC#C[BH-](c1ccccc1N(C)C)c1c(F)c(F)c(F)c(F)c1F. The van der Waals surface area contributed by atoms with Gasteiger partial charge in [-0.1, -0.05) is 31.5 Å². The molecule has 0 saturated carbocycles. The third-order valence-electron chi connectivity index (χ3n) is 4.47. The smallest absolute Gasteiger partial charge is 0.200 e. The predicted molar refractivity (Wildman–Crippen MR) is 101 cm³/mol. The van der Waals surface area contributed by atoms with Gasteiger partial charge >= 0.3 is 0 Å². The van der Waals surface area contributed by atoms with E-state index in [0.29, 0.717) is 17.6 Å². The van der Waals surface area contributed by atoms with Gasteiger partial charge in [-0.25, -0.2) is 22.0 Å². The van der Waals surface area contributed by atoms with Gasteiger partial charge in [0.05, 0.1) is 0 Å². The van der Waals surface area contributed by atoms with Crippen LogP contribution in [0.3, 0.4) is 0 Å². The Morgan fingerprint density at radius 1 is 0.889 bits per heavy atom. The van der Waals surface area contributed by atoms with E-state index in [9.17, 15) is 22.0 Å². The molecule has 0 radical (unpaired) electrons. The third kappa shape index (κ3) is 4.27. The van der Waals surface area contributed by atoms with E-state index in [-0.39, 0.29) is 0 Å². The molecule has 144 valence electrons. The van der Waals surface area contributed by atoms with Crippen molar-refractivity contribution >= 4 is 23.3 Å². The Morgan fingerprint density at radius 2 is 1.44 bits per heavy atom. The molecule has 0 aliphatic carbocycles. The molecule has 27 heavy (non-hydrogen) atoms. The second kappa shape index (κ2) is 8.94. The van der Waals surface area contributed by atoms with Gasteiger partial charge in [-0.3, -0.25) is 0 Å². The molecule has 0 bridgehead atoms. The Morgan fingerprint density at radius 3 is 2.00 bits per heavy atom. The second-order valence-electron chi connectivity index (χ2n) is 6.56. The Kier molecular flexibility index (Phi) is 6.89. The van der Waals surface area contributed by atoms with Crippen LogP contribution in [0.15, 0.2) is 24.3 Å². The summed E-state index contributed by atoms with van der Waals surface area (Å²) >= 11 is 0. The number of nitrogens with zero attached hydrogens (tertiary/aromatic N) is 1. The second-order valence-corrected chi connectivity index (χ2v) is 6.56. The Labute approximate surface area is 156 Å². The minimum absolute atomic E-state index is 0.453. The van der Waals surface area contributed by atoms with E-state index >= 15 is 0 Å². The van der Waals surface area contributed by atoms with Gasteiger partial charge in [0.15, 0.2) is 17.5 Å². The highest BCUT2D eigenvalue weighted by Gasteiger charge is 2.27. The van der Waals surface area contributed by atoms with Crippen LogP contribution in [0.1, 0.15) is 26.2 Å². The minimum Gasteiger partial charge on any atom is -0.380 e. The summed E-state index contributed by atoms with van der Waals surface area (Å²) in [5, 5.41) is 0. The predicted octanol–water partition coefficient (Wildman–Crippen LogP) is 3.52. The summed E-state index contributed by atoms with van der Waals surface area (Å²) in [4.78, 5) is 1.72. The van der Waals surface area contributed by atoms with Crippen LogP contribution < -0.4 is 15.8 Å². The van der Waals surface area contributed by atoms with E-state index in [1.165, 1.54) is 0 Å². The molecule has 1 nitrogen and oxygen atoms in total. The molecular formula is C20H20BF5N-. The molecule has 7 heteroatoms. The molecule has 0 aromatic heterocycles. The average Bonchev–Trinajstić information content (AvgIpc) is 2.66. The van der Waals surface area contributed by atoms with Gasteiger partial charge in [0.25, 0.3) is 0 Å². The van der Waals surface area contributed by atoms with E-state index in [4.69, 9.17) is 0 Å². The van der Waals surface area contributed by atoms with Crippen molar-refractivity contribution in [3.8, 4) is 11.7 Å². The molecule has 0 N–H and O–H groups in total. The van der Waals surface area contributed by atoms with Crippen molar-refractivity contribution in [2.75, 3.05) is 19.0 Å². The van der Waals surface area contributed by atoms with Gasteiger partial charge in [0.2, 0.25) is 0 Å². The number of rotatable bonds is 5. The highest BCUT2D eigenvalue weighted by Crippen LogP contribution is 2.18. The van der Waals surface area contributed by atoms with Gasteiger partial charge in [0, 0.05) is 26.2 Å². The molecule has 0 aliphatic heterocycles. The number of anilines is 1. The standard InChI is InChI=1S/C20H20BF5N/c1-4-5-6-9-12-21(13-10-7-8-11-14(13)27(2)3)15-16(22)18(24)20(26)19(25)17(15)23/h7-8,10-11,21H,4-6H2,1-3H3/q-1. The maximum Gasteiger partial charge on any atom is 0.200 e. The Hall–Kier alpha value is -2.49. The summed E-state index contributed by atoms with van der Waals surface area (Å²) in [6, 6.07) is 6.72. The van der Waals surface area contributed by atoms with Crippen molar-refractivity contribution in [1.29, 1.82) is 0 Å². The van der Waals surface area contributed by atoms with Crippen LogP contribution in [-0.2, 0) is 0 Å². The first kappa shape index (κ1) is 20.8. The normalized spacial score (nSPS) is 11.7. The van der Waals surface area contributed by atoms with Gasteiger partial charge in [-0.2, -0.15) is 5.46 Å². The summed E-state index contributed by atoms with van der Waals surface area (Å²) in [6.07, 6.45) is 2.15. The lowest BCUT2D eigenvalue weighted by Crippen LogP contribution is -2.48.